The Kier molecular flexibility index (Phi) is 3.47. The first-order valence-corrected chi connectivity index (χ1v) is 7.14. The molecule has 4 heteroatoms. The third kappa shape index (κ3) is 2.30. The largest absolute Gasteiger partial charge is 0.497 e. The summed E-state index contributed by atoms with van der Waals surface area (Å²) in [6, 6.07) is 7.49. The van der Waals surface area contributed by atoms with Crippen LogP contribution in [-0.2, 0) is 16.1 Å². The Labute approximate surface area is 118 Å². The second kappa shape index (κ2) is 5.27. The molecule has 0 unspecified atom stereocenters. The van der Waals surface area contributed by atoms with Gasteiger partial charge in [-0.25, -0.2) is 0 Å². The summed E-state index contributed by atoms with van der Waals surface area (Å²) >= 11 is 0. The van der Waals surface area contributed by atoms with Crippen molar-refractivity contribution in [3.8, 4) is 5.75 Å². The topological polar surface area (TPSA) is 46.6 Å². The molecule has 1 saturated carbocycles. The van der Waals surface area contributed by atoms with Crippen LogP contribution in [0.2, 0.25) is 0 Å². The zero-order valence-electron chi connectivity index (χ0n) is 11.7. The summed E-state index contributed by atoms with van der Waals surface area (Å²) in [6.07, 6.45) is 3.09. The average Bonchev–Trinajstić information content (AvgIpc) is 2.77. The summed E-state index contributed by atoms with van der Waals surface area (Å²) in [7, 11) is 1.63. The van der Waals surface area contributed by atoms with Gasteiger partial charge in [0.25, 0.3) is 0 Å². The minimum atomic E-state index is -0.182. The molecule has 4 nitrogen and oxygen atoms in total. The molecule has 1 heterocycles. The Morgan fingerprint density at radius 1 is 1.25 bits per heavy atom. The van der Waals surface area contributed by atoms with E-state index in [9.17, 15) is 9.59 Å². The van der Waals surface area contributed by atoms with Crippen molar-refractivity contribution in [2.24, 2.45) is 5.92 Å². The van der Waals surface area contributed by atoms with Gasteiger partial charge in [0, 0.05) is 19.4 Å². The van der Waals surface area contributed by atoms with Crippen molar-refractivity contribution >= 4 is 11.7 Å². The molecule has 3 rings (SSSR count). The van der Waals surface area contributed by atoms with E-state index in [1.165, 1.54) is 0 Å². The lowest BCUT2D eigenvalue weighted by Crippen LogP contribution is -2.42. The lowest BCUT2D eigenvalue weighted by atomic mass is 9.84. The first kappa shape index (κ1) is 13.2. The van der Waals surface area contributed by atoms with Crippen LogP contribution < -0.4 is 4.74 Å². The third-order valence-electron chi connectivity index (χ3n) is 4.38. The van der Waals surface area contributed by atoms with Gasteiger partial charge in [-0.05, 0) is 36.5 Å². The Morgan fingerprint density at radius 2 is 2.00 bits per heavy atom. The number of benzene rings is 1. The lowest BCUT2D eigenvalue weighted by molar-refractivity contribution is -0.135. The van der Waals surface area contributed by atoms with Crippen LogP contribution in [0, 0.1) is 5.92 Å². The van der Waals surface area contributed by atoms with Crippen molar-refractivity contribution in [1.82, 2.24) is 4.90 Å². The number of rotatable bonds is 3. The van der Waals surface area contributed by atoms with E-state index < -0.39 is 0 Å². The molecule has 20 heavy (non-hydrogen) atoms. The highest BCUT2D eigenvalue weighted by Crippen LogP contribution is 2.36. The Bertz CT molecular complexity index is 523. The fourth-order valence-electron chi connectivity index (χ4n) is 3.36. The second-order valence-corrected chi connectivity index (χ2v) is 5.64. The molecule has 1 aromatic carbocycles. The number of hydrogen-bond donors (Lipinski definition) is 0. The van der Waals surface area contributed by atoms with E-state index in [1.807, 2.05) is 24.3 Å². The Hall–Kier alpha value is -1.84. The predicted octanol–water partition coefficient (Wildman–Crippen LogP) is 2.17. The van der Waals surface area contributed by atoms with E-state index in [2.05, 4.69) is 0 Å². The molecule has 2 fully saturated rings. The van der Waals surface area contributed by atoms with E-state index in [-0.39, 0.29) is 23.7 Å². The third-order valence-corrected chi connectivity index (χ3v) is 4.38. The number of methoxy groups -OCH3 is 1. The standard InChI is InChI=1S/C16H19NO3/c1-20-13-7-5-11(6-8-13)10-17-15(19)9-12-3-2-4-14(18)16(12)17/h5-8,12,16H,2-4,9-10H2,1H3/t12-,16+/m1/s1. The summed E-state index contributed by atoms with van der Waals surface area (Å²) in [5.41, 5.74) is 1.04. The number of Topliss-reactive ketones (excluding diaryl/α,β-unsaturated/α-hetero) is 1. The van der Waals surface area contributed by atoms with E-state index in [4.69, 9.17) is 4.74 Å². The molecule has 0 radical (unpaired) electrons. The smallest absolute Gasteiger partial charge is 0.223 e. The van der Waals surface area contributed by atoms with E-state index >= 15 is 0 Å². The SMILES string of the molecule is COc1ccc(CN2C(=O)C[C@H]3CCCC(=O)[C@H]32)cc1. The molecule has 0 N–H and O–H groups in total. The van der Waals surface area contributed by atoms with Crippen molar-refractivity contribution in [2.45, 2.75) is 38.3 Å². The number of hydrogen-bond acceptors (Lipinski definition) is 3. The van der Waals surface area contributed by atoms with Crippen LogP contribution in [0.1, 0.15) is 31.2 Å². The maximum absolute atomic E-state index is 12.2. The van der Waals surface area contributed by atoms with Gasteiger partial charge in [-0.3, -0.25) is 9.59 Å². The van der Waals surface area contributed by atoms with E-state index in [0.29, 0.717) is 19.4 Å². The fraction of sp³-hybridized carbons (Fsp3) is 0.500. The van der Waals surface area contributed by atoms with Gasteiger partial charge in [-0.2, -0.15) is 0 Å². The summed E-state index contributed by atoms with van der Waals surface area (Å²) in [5.74, 6) is 1.39. The zero-order chi connectivity index (χ0) is 14.1. The number of amides is 1. The number of ketones is 1. The van der Waals surface area contributed by atoms with Crippen LogP contribution in [-0.4, -0.2) is 29.7 Å². The number of carbonyl (C=O) groups excluding carboxylic acids is 2. The van der Waals surface area contributed by atoms with Crippen molar-refractivity contribution < 1.29 is 14.3 Å². The maximum Gasteiger partial charge on any atom is 0.223 e. The Balaban J connectivity index is 1.77. The van der Waals surface area contributed by atoms with Gasteiger partial charge >= 0.3 is 0 Å². The predicted molar refractivity (Wildman–Crippen MR) is 74.3 cm³/mol. The first-order chi connectivity index (χ1) is 9.69. The van der Waals surface area contributed by atoms with Crippen molar-refractivity contribution in [2.75, 3.05) is 7.11 Å². The maximum atomic E-state index is 12.2. The molecule has 0 spiro atoms. The van der Waals surface area contributed by atoms with Crippen LogP contribution in [0.15, 0.2) is 24.3 Å². The van der Waals surface area contributed by atoms with Crippen molar-refractivity contribution in [3.05, 3.63) is 29.8 Å². The van der Waals surface area contributed by atoms with Crippen molar-refractivity contribution in [1.29, 1.82) is 0 Å². The van der Waals surface area contributed by atoms with Gasteiger partial charge in [-0.15, -0.1) is 0 Å². The van der Waals surface area contributed by atoms with Crippen LogP contribution in [0.25, 0.3) is 0 Å². The molecule has 1 saturated heterocycles. The first-order valence-electron chi connectivity index (χ1n) is 7.14. The molecular weight excluding hydrogens is 254 g/mol. The van der Waals surface area contributed by atoms with Crippen molar-refractivity contribution in [3.63, 3.8) is 0 Å². The Morgan fingerprint density at radius 3 is 2.70 bits per heavy atom. The molecule has 1 amide bonds. The molecule has 2 aliphatic rings. The quantitative estimate of drug-likeness (QED) is 0.848. The fourth-order valence-corrected chi connectivity index (χ4v) is 3.36. The van der Waals surface area contributed by atoms with Crippen LogP contribution in [0.3, 0.4) is 0 Å². The van der Waals surface area contributed by atoms with Gasteiger partial charge in [0.1, 0.15) is 5.75 Å². The zero-order valence-corrected chi connectivity index (χ0v) is 11.7. The van der Waals surface area contributed by atoms with E-state index in [0.717, 1.165) is 24.2 Å². The van der Waals surface area contributed by atoms with Gasteiger partial charge in [0.05, 0.1) is 13.2 Å². The molecule has 2 atom stereocenters. The molecule has 0 aromatic heterocycles. The van der Waals surface area contributed by atoms with E-state index in [1.54, 1.807) is 12.0 Å². The highest BCUT2D eigenvalue weighted by Gasteiger charge is 2.45. The normalized spacial score (nSPS) is 25.8. The van der Waals surface area contributed by atoms with Gasteiger partial charge in [-0.1, -0.05) is 12.1 Å². The molecule has 0 bridgehead atoms. The van der Waals surface area contributed by atoms with Gasteiger partial charge in [0.2, 0.25) is 5.91 Å². The van der Waals surface area contributed by atoms with Gasteiger partial charge in [0.15, 0.2) is 5.78 Å². The molecule has 106 valence electrons. The number of nitrogens with zero attached hydrogens (tertiary/aromatic N) is 1. The highest BCUT2D eigenvalue weighted by atomic mass is 16.5. The summed E-state index contributed by atoms with van der Waals surface area (Å²) in [6.45, 7) is 0.524. The highest BCUT2D eigenvalue weighted by molar-refractivity contribution is 5.93. The monoisotopic (exact) mass is 273 g/mol. The number of ether oxygens (including phenoxy) is 1. The van der Waals surface area contributed by atoms with Crippen LogP contribution in [0.5, 0.6) is 5.75 Å². The summed E-state index contributed by atoms with van der Waals surface area (Å²) in [4.78, 5) is 26.0. The second-order valence-electron chi connectivity index (χ2n) is 5.64. The molecular formula is C16H19NO3. The van der Waals surface area contributed by atoms with Crippen LogP contribution >= 0.6 is 0 Å². The van der Waals surface area contributed by atoms with Crippen LogP contribution in [0.4, 0.5) is 0 Å². The lowest BCUT2D eigenvalue weighted by Gasteiger charge is -2.30. The number of likely N-dealkylation sites (tertiary alicyclic amines) is 1. The molecule has 1 aliphatic carbocycles. The van der Waals surface area contributed by atoms with Gasteiger partial charge < -0.3 is 9.64 Å². The molecule has 1 aromatic rings. The summed E-state index contributed by atoms with van der Waals surface area (Å²) in [5, 5.41) is 0. The number of fused-ring (bicyclic) bond motifs is 1. The minimum absolute atomic E-state index is 0.117. The summed E-state index contributed by atoms with van der Waals surface area (Å²) < 4.78 is 5.13. The number of carbonyl (C=O) groups is 2. The molecule has 1 aliphatic heterocycles. The average molecular weight is 273 g/mol. The minimum Gasteiger partial charge on any atom is -0.497 e.